The summed E-state index contributed by atoms with van der Waals surface area (Å²) in [4.78, 5) is 26.5. The highest BCUT2D eigenvalue weighted by Crippen LogP contribution is 2.26. The molecule has 2 heterocycles. The molecule has 2 amide bonds. The fourth-order valence-corrected chi connectivity index (χ4v) is 5.69. The number of sulfone groups is 1. The number of carbonyl (C=O) groups excluding carboxylic acids is 2. The van der Waals surface area contributed by atoms with E-state index in [4.69, 9.17) is 4.74 Å². The maximum Gasteiger partial charge on any atom is 0.225 e. The normalized spacial score (nSPS) is 22.8. The molecule has 2 unspecified atom stereocenters. The average Bonchev–Trinajstić information content (AvgIpc) is 3.29. The first-order chi connectivity index (χ1) is 14.4. The van der Waals surface area contributed by atoms with Crippen LogP contribution in [0.1, 0.15) is 18.4 Å². The Balaban J connectivity index is 1.32. The van der Waals surface area contributed by atoms with E-state index < -0.39 is 15.8 Å². The lowest BCUT2D eigenvalue weighted by molar-refractivity contribution is -0.130. The lowest BCUT2D eigenvalue weighted by Crippen LogP contribution is -2.39. The molecule has 0 spiro atoms. The minimum absolute atomic E-state index is 0.00128. The number of nitrogens with one attached hydrogen (secondary N) is 1. The Bertz CT molecular complexity index is 1040. The number of hydrogen-bond acceptors (Lipinski definition) is 5. The molecule has 0 aromatic heterocycles. The predicted molar refractivity (Wildman–Crippen MR) is 112 cm³/mol. The Morgan fingerprint density at radius 1 is 1.10 bits per heavy atom. The topological polar surface area (TPSA) is 92.8 Å². The van der Waals surface area contributed by atoms with Crippen molar-refractivity contribution < 1.29 is 22.7 Å². The van der Waals surface area contributed by atoms with Gasteiger partial charge in [0.25, 0.3) is 0 Å². The van der Waals surface area contributed by atoms with E-state index in [9.17, 15) is 18.0 Å². The molecule has 30 heavy (non-hydrogen) atoms. The molecule has 2 fully saturated rings. The number of carbonyl (C=O) groups is 2. The number of hydrogen-bond donors (Lipinski definition) is 1. The van der Waals surface area contributed by atoms with E-state index in [0.717, 1.165) is 11.3 Å². The minimum atomic E-state index is -3.07. The Kier molecular flexibility index (Phi) is 5.76. The lowest BCUT2D eigenvalue weighted by Gasteiger charge is -2.22. The van der Waals surface area contributed by atoms with Crippen molar-refractivity contribution in [3.05, 3.63) is 60.2 Å². The number of ether oxygens (including phenoxy) is 1. The zero-order chi connectivity index (χ0) is 21.1. The first-order valence-electron chi connectivity index (χ1n) is 9.99. The van der Waals surface area contributed by atoms with Crippen LogP contribution in [-0.4, -0.2) is 49.2 Å². The summed E-state index contributed by atoms with van der Waals surface area (Å²) in [5.74, 6) is 0.733. The van der Waals surface area contributed by atoms with E-state index in [1.807, 2.05) is 54.6 Å². The number of benzene rings is 2. The van der Waals surface area contributed by atoms with Gasteiger partial charge in [-0.05, 0) is 36.2 Å². The molecule has 7 nitrogen and oxygen atoms in total. The molecule has 0 bridgehead atoms. The molecule has 2 aliphatic heterocycles. The fourth-order valence-electron chi connectivity index (χ4n) is 3.96. The quantitative estimate of drug-likeness (QED) is 0.761. The molecule has 158 valence electrons. The van der Waals surface area contributed by atoms with Gasteiger partial charge >= 0.3 is 0 Å². The van der Waals surface area contributed by atoms with Gasteiger partial charge in [-0.25, -0.2) is 8.42 Å². The van der Waals surface area contributed by atoms with Gasteiger partial charge in [-0.1, -0.05) is 30.3 Å². The van der Waals surface area contributed by atoms with Crippen LogP contribution in [0.2, 0.25) is 0 Å². The second kappa shape index (κ2) is 8.47. The largest absolute Gasteiger partial charge is 0.457 e. The van der Waals surface area contributed by atoms with Gasteiger partial charge in [0.1, 0.15) is 11.5 Å². The van der Waals surface area contributed by atoms with Gasteiger partial charge in [0, 0.05) is 25.6 Å². The van der Waals surface area contributed by atoms with Crippen LogP contribution in [0.5, 0.6) is 11.5 Å². The summed E-state index contributed by atoms with van der Waals surface area (Å²) in [6.45, 7) is 0.606. The van der Waals surface area contributed by atoms with Gasteiger partial charge in [-0.2, -0.15) is 0 Å². The molecule has 0 radical (unpaired) electrons. The van der Waals surface area contributed by atoms with E-state index in [2.05, 4.69) is 5.32 Å². The van der Waals surface area contributed by atoms with Crippen molar-refractivity contribution >= 4 is 21.7 Å². The van der Waals surface area contributed by atoms with Crippen LogP contribution in [-0.2, 0) is 26.0 Å². The standard InChI is InChI=1S/C22H24N2O5S/c25-21-12-17(14-24(21)18-9-10-30(27,28)15-18)22(26)23-13-16-5-4-8-20(11-16)29-19-6-2-1-3-7-19/h1-8,11,17-18H,9-10,12-15H2,(H,23,26). The molecule has 2 aromatic carbocycles. The molecule has 2 saturated heterocycles. The smallest absolute Gasteiger partial charge is 0.225 e. The molecular weight excluding hydrogens is 404 g/mol. The molecule has 2 atom stereocenters. The molecule has 0 saturated carbocycles. The summed E-state index contributed by atoms with van der Waals surface area (Å²) >= 11 is 0. The van der Waals surface area contributed by atoms with E-state index in [0.29, 0.717) is 18.7 Å². The second-order valence-corrected chi connectivity index (χ2v) is 10.0. The summed E-state index contributed by atoms with van der Waals surface area (Å²) < 4.78 is 29.2. The van der Waals surface area contributed by atoms with Crippen molar-refractivity contribution in [3.63, 3.8) is 0 Å². The number of likely N-dealkylation sites (tertiary alicyclic amines) is 1. The minimum Gasteiger partial charge on any atom is -0.457 e. The van der Waals surface area contributed by atoms with Gasteiger partial charge in [-0.15, -0.1) is 0 Å². The van der Waals surface area contributed by atoms with E-state index in [1.165, 1.54) is 0 Å². The molecular formula is C22H24N2O5S. The van der Waals surface area contributed by atoms with Crippen molar-refractivity contribution in [3.8, 4) is 11.5 Å². The monoisotopic (exact) mass is 428 g/mol. The zero-order valence-electron chi connectivity index (χ0n) is 16.5. The first kappa shape index (κ1) is 20.4. The summed E-state index contributed by atoms with van der Waals surface area (Å²) in [5, 5.41) is 2.89. The third-order valence-corrected chi connectivity index (χ3v) is 7.27. The lowest BCUT2D eigenvalue weighted by atomic mass is 10.1. The Hall–Kier alpha value is -2.87. The van der Waals surface area contributed by atoms with Crippen molar-refractivity contribution in [2.75, 3.05) is 18.1 Å². The summed E-state index contributed by atoms with van der Waals surface area (Å²) in [7, 11) is -3.07. The number of nitrogens with zero attached hydrogens (tertiary/aromatic N) is 1. The van der Waals surface area contributed by atoms with Crippen molar-refractivity contribution in [1.29, 1.82) is 0 Å². The maximum absolute atomic E-state index is 12.6. The SMILES string of the molecule is O=C(NCc1cccc(Oc2ccccc2)c1)C1CC(=O)N(C2CCS(=O)(=O)C2)C1. The van der Waals surface area contributed by atoms with Gasteiger partial charge in [0.05, 0.1) is 17.4 Å². The molecule has 0 aliphatic carbocycles. The molecule has 1 N–H and O–H groups in total. The van der Waals surface area contributed by atoms with Crippen LogP contribution < -0.4 is 10.1 Å². The predicted octanol–water partition coefficient (Wildman–Crippen LogP) is 2.13. The van der Waals surface area contributed by atoms with Crippen LogP contribution in [0.15, 0.2) is 54.6 Å². The highest BCUT2D eigenvalue weighted by Gasteiger charge is 2.41. The third kappa shape index (κ3) is 4.81. The Morgan fingerprint density at radius 2 is 1.87 bits per heavy atom. The molecule has 2 aliphatic rings. The number of amides is 2. The first-order valence-corrected chi connectivity index (χ1v) is 11.8. The van der Waals surface area contributed by atoms with Crippen molar-refractivity contribution in [2.45, 2.75) is 25.4 Å². The highest BCUT2D eigenvalue weighted by atomic mass is 32.2. The average molecular weight is 429 g/mol. The second-order valence-electron chi connectivity index (χ2n) is 7.78. The van der Waals surface area contributed by atoms with Crippen LogP contribution in [0.3, 0.4) is 0 Å². The summed E-state index contributed by atoms with van der Waals surface area (Å²) in [6.07, 6.45) is 0.580. The van der Waals surface area contributed by atoms with Crippen molar-refractivity contribution in [2.24, 2.45) is 5.92 Å². The van der Waals surface area contributed by atoms with Crippen LogP contribution >= 0.6 is 0 Å². The van der Waals surface area contributed by atoms with Gasteiger partial charge < -0.3 is 15.0 Å². The van der Waals surface area contributed by atoms with Gasteiger partial charge in [0.2, 0.25) is 11.8 Å². The van der Waals surface area contributed by atoms with Crippen molar-refractivity contribution in [1.82, 2.24) is 10.2 Å². The fraction of sp³-hybridized carbons (Fsp3) is 0.364. The Morgan fingerprint density at radius 3 is 2.60 bits per heavy atom. The van der Waals surface area contributed by atoms with E-state index in [1.54, 1.807) is 4.90 Å². The number of para-hydroxylation sites is 1. The molecule has 2 aromatic rings. The van der Waals surface area contributed by atoms with E-state index in [-0.39, 0.29) is 42.3 Å². The number of rotatable bonds is 6. The van der Waals surface area contributed by atoms with Crippen LogP contribution in [0, 0.1) is 5.92 Å². The summed E-state index contributed by atoms with van der Waals surface area (Å²) in [6, 6.07) is 16.6. The van der Waals surface area contributed by atoms with Gasteiger partial charge in [-0.3, -0.25) is 9.59 Å². The molecule has 4 rings (SSSR count). The van der Waals surface area contributed by atoms with Crippen LogP contribution in [0.4, 0.5) is 0 Å². The van der Waals surface area contributed by atoms with Gasteiger partial charge in [0.15, 0.2) is 9.84 Å². The zero-order valence-corrected chi connectivity index (χ0v) is 17.3. The molecule has 8 heteroatoms. The van der Waals surface area contributed by atoms with Crippen LogP contribution in [0.25, 0.3) is 0 Å². The maximum atomic E-state index is 12.6. The third-order valence-electron chi connectivity index (χ3n) is 5.52. The summed E-state index contributed by atoms with van der Waals surface area (Å²) in [5.41, 5.74) is 0.889. The Labute approximate surface area is 175 Å². The van der Waals surface area contributed by atoms with E-state index >= 15 is 0 Å². The highest BCUT2D eigenvalue weighted by molar-refractivity contribution is 7.91.